The highest BCUT2D eigenvalue weighted by atomic mass is 16.6. The third-order valence-electron chi connectivity index (χ3n) is 3.24. The van der Waals surface area contributed by atoms with E-state index in [0.29, 0.717) is 12.2 Å². The molecule has 6 heteroatoms. The summed E-state index contributed by atoms with van der Waals surface area (Å²) in [5, 5.41) is 11.2. The average molecular weight is 329 g/mol. The molecule has 0 atom stereocenters. The summed E-state index contributed by atoms with van der Waals surface area (Å²) in [6.45, 7) is 6.06. The van der Waals surface area contributed by atoms with E-state index in [0.717, 1.165) is 32.1 Å². The van der Waals surface area contributed by atoms with Gasteiger partial charge in [0.15, 0.2) is 0 Å². The molecule has 0 aliphatic carbocycles. The normalized spacial score (nSPS) is 10.2. The van der Waals surface area contributed by atoms with Gasteiger partial charge in [0.05, 0.1) is 13.2 Å². The molecular weight excluding hydrogens is 298 g/mol. The van der Waals surface area contributed by atoms with Gasteiger partial charge in [0.25, 0.3) is 0 Å². The molecule has 0 aliphatic heterocycles. The third kappa shape index (κ3) is 15.1. The summed E-state index contributed by atoms with van der Waals surface area (Å²) in [4.78, 5) is 22.4. The van der Waals surface area contributed by atoms with Gasteiger partial charge in [-0.05, 0) is 19.8 Å². The van der Waals surface area contributed by atoms with E-state index in [1.807, 2.05) is 0 Å². The summed E-state index contributed by atoms with van der Waals surface area (Å²) in [7, 11) is 0. The average Bonchev–Trinajstić information content (AvgIpc) is 2.53. The van der Waals surface area contributed by atoms with Crippen LogP contribution < -0.4 is 5.32 Å². The van der Waals surface area contributed by atoms with Gasteiger partial charge in [0.2, 0.25) is 0 Å². The Bertz CT molecular complexity index is 344. The van der Waals surface area contributed by atoms with Gasteiger partial charge in [-0.1, -0.05) is 45.1 Å². The summed E-state index contributed by atoms with van der Waals surface area (Å²) >= 11 is 0. The van der Waals surface area contributed by atoms with Crippen LogP contribution in [0.4, 0.5) is 4.79 Å². The van der Waals surface area contributed by atoms with Crippen molar-refractivity contribution in [1.29, 1.82) is 0 Å². The lowest BCUT2D eigenvalue weighted by molar-refractivity contribution is -0.138. The molecule has 0 heterocycles. The smallest absolute Gasteiger partial charge is 0.407 e. The second kappa shape index (κ2) is 15.3. The van der Waals surface area contributed by atoms with Gasteiger partial charge < -0.3 is 19.9 Å². The molecule has 134 valence electrons. The summed E-state index contributed by atoms with van der Waals surface area (Å²) in [6, 6.07) is 0. The summed E-state index contributed by atoms with van der Waals surface area (Å²) < 4.78 is 9.86. The van der Waals surface area contributed by atoms with Crippen molar-refractivity contribution in [3.05, 3.63) is 12.2 Å². The Hall–Kier alpha value is -1.56. The predicted octanol–water partition coefficient (Wildman–Crippen LogP) is 2.95. The van der Waals surface area contributed by atoms with Crippen molar-refractivity contribution in [2.24, 2.45) is 0 Å². The predicted molar refractivity (Wildman–Crippen MR) is 89.1 cm³/mol. The Balaban J connectivity index is 3.27. The molecule has 0 aromatic carbocycles. The van der Waals surface area contributed by atoms with Crippen LogP contribution in [0, 0.1) is 0 Å². The minimum atomic E-state index is -0.486. The number of aliphatic hydroxyl groups is 1. The maximum atomic E-state index is 11.3. The lowest BCUT2D eigenvalue weighted by Gasteiger charge is -2.07. The van der Waals surface area contributed by atoms with Crippen molar-refractivity contribution in [2.75, 3.05) is 26.4 Å². The Labute approximate surface area is 139 Å². The Morgan fingerprint density at radius 3 is 2.04 bits per heavy atom. The van der Waals surface area contributed by atoms with Gasteiger partial charge in [0.1, 0.15) is 6.61 Å². The van der Waals surface area contributed by atoms with Crippen molar-refractivity contribution in [2.45, 2.75) is 58.3 Å². The van der Waals surface area contributed by atoms with Crippen LogP contribution in [0.3, 0.4) is 0 Å². The molecule has 0 saturated carbocycles. The van der Waals surface area contributed by atoms with E-state index >= 15 is 0 Å². The van der Waals surface area contributed by atoms with Crippen molar-refractivity contribution in [3.8, 4) is 0 Å². The van der Waals surface area contributed by atoms with Crippen molar-refractivity contribution < 1.29 is 24.2 Å². The van der Waals surface area contributed by atoms with E-state index in [9.17, 15) is 9.59 Å². The Morgan fingerprint density at radius 2 is 1.48 bits per heavy atom. The summed E-state index contributed by atoms with van der Waals surface area (Å²) in [5.41, 5.74) is 0.334. The maximum Gasteiger partial charge on any atom is 0.407 e. The van der Waals surface area contributed by atoms with Gasteiger partial charge >= 0.3 is 12.1 Å². The van der Waals surface area contributed by atoms with E-state index in [1.54, 1.807) is 6.92 Å². The molecule has 0 saturated heterocycles. The van der Waals surface area contributed by atoms with E-state index in [-0.39, 0.29) is 19.8 Å². The lowest BCUT2D eigenvalue weighted by atomic mass is 10.1. The number of carbonyl (C=O) groups excluding carboxylic acids is 2. The Kier molecular flexibility index (Phi) is 14.3. The topological polar surface area (TPSA) is 84.9 Å². The summed E-state index contributed by atoms with van der Waals surface area (Å²) in [6.07, 6.45) is 8.11. The van der Waals surface area contributed by atoms with Crippen LogP contribution in [0.25, 0.3) is 0 Å². The van der Waals surface area contributed by atoms with Gasteiger partial charge in [-0.25, -0.2) is 9.59 Å². The second-order valence-corrected chi connectivity index (χ2v) is 5.53. The number of amides is 1. The fraction of sp³-hybridized carbons (Fsp3) is 0.765. The number of esters is 1. The van der Waals surface area contributed by atoms with Gasteiger partial charge in [-0.2, -0.15) is 0 Å². The zero-order valence-electron chi connectivity index (χ0n) is 14.3. The molecule has 0 aromatic rings. The number of unbranched alkanes of at least 4 members (excludes halogenated alkanes) is 7. The molecule has 0 fully saturated rings. The zero-order valence-corrected chi connectivity index (χ0v) is 14.3. The van der Waals surface area contributed by atoms with Crippen LogP contribution in [0.2, 0.25) is 0 Å². The first-order valence-electron chi connectivity index (χ1n) is 8.42. The molecule has 0 radical (unpaired) electrons. The van der Waals surface area contributed by atoms with Crippen LogP contribution in [0.5, 0.6) is 0 Å². The van der Waals surface area contributed by atoms with Crippen LogP contribution in [0.1, 0.15) is 58.3 Å². The van der Waals surface area contributed by atoms with E-state index in [4.69, 9.17) is 14.6 Å². The molecule has 0 aliphatic rings. The van der Waals surface area contributed by atoms with Gasteiger partial charge in [0, 0.05) is 12.2 Å². The van der Waals surface area contributed by atoms with Crippen molar-refractivity contribution >= 4 is 12.1 Å². The number of hydrogen-bond donors (Lipinski definition) is 2. The van der Waals surface area contributed by atoms with Crippen molar-refractivity contribution in [3.63, 3.8) is 0 Å². The zero-order chi connectivity index (χ0) is 17.3. The molecule has 0 bridgehead atoms. The largest absolute Gasteiger partial charge is 0.460 e. The van der Waals surface area contributed by atoms with Crippen LogP contribution in [-0.2, 0) is 14.3 Å². The molecule has 0 rings (SSSR count). The molecule has 0 aromatic heterocycles. The minimum absolute atomic E-state index is 0.108. The van der Waals surface area contributed by atoms with Gasteiger partial charge in [-0.15, -0.1) is 0 Å². The van der Waals surface area contributed by atoms with Crippen LogP contribution in [0.15, 0.2) is 12.2 Å². The van der Waals surface area contributed by atoms with Crippen LogP contribution in [-0.4, -0.2) is 43.5 Å². The highest BCUT2D eigenvalue weighted by molar-refractivity contribution is 5.86. The van der Waals surface area contributed by atoms with Gasteiger partial charge in [-0.3, -0.25) is 0 Å². The fourth-order valence-corrected chi connectivity index (χ4v) is 1.91. The first-order chi connectivity index (χ1) is 11.1. The minimum Gasteiger partial charge on any atom is -0.460 e. The molecule has 2 N–H and O–H groups in total. The lowest BCUT2D eigenvalue weighted by Crippen LogP contribution is -2.29. The molecule has 1 amide bonds. The van der Waals surface area contributed by atoms with Crippen molar-refractivity contribution in [1.82, 2.24) is 5.32 Å². The number of nitrogens with one attached hydrogen (secondary N) is 1. The number of ether oxygens (including phenoxy) is 2. The van der Waals surface area contributed by atoms with E-state index < -0.39 is 12.1 Å². The first kappa shape index (κ1) is 21.4. The number of alkyl carbamates (subject to hydrolysis) is 1. The SMILES string of the molecule is C=C(C)C(=O)OCCNC(=O)OCCCCCCCCCCO. The first-order valence-corrected chi connectivity index (χ1v) is 8.42. The quantitative estimate of drug-likeness (QED) is 0.291. The number of hydrogen-bond acceptors (Lipinski definition) is 5. The van der Waals surface area contributed by atoms with E-state index in [2.05, 4.69) is 11.9 Å². The molecule has 23 heavy (non-hydrogen) atoms. The van der Waals surface area contributed by atoms with E-state index in [1.165, 1.54) is 19.3 Å². The molecule has 6 nitrogen and oxygen atoms in total. The van der Waals surface area contributed by atoms with Crippen LogP contribution >= 0.6 is 0 Å². The maximum absolute atomic E-state index is 11.3. The summed E-state index contributed by atoms with van der Waals surface area (Å²) in [5.74, 6) is -0.462. The molecule has 0 unspecified atom stereocenters. The monoisotopic (exact) mass is 329 g/mol. The third-order valence-corrected chi connectivity index (χ3v) is 3.24. The number of aliphatic hydroxyl groups excluding tert-OH is 1. The second-order valence-electron chi connectivity index (χ2n) is 5.53. The number of rotatable bonds is 14. The number of carbonyl (C=O) groups is 2. The molecule has 0 spiro atoms. The fourth-order valence-electron chi connectivity index (χ4n) is 1.91. The highest BCUT2D eigenvalue weighted by Crippen LogP contribution is 2.08. The highest BCUT2D eigenvalue weighted by Gasteiger charge is 2.04. The standard InChI is InChI=1S/C17H31NO5/c1-15(2)16(20)22-14-11-18-17(21)23-13-10-8-6-4-3-5-7-9-12-19/h19H,1,3-14H2,2H3,(H,18,21). The Morgan fingerprint density at radius 1 is 0.913 bits per heavy atom. The molecular formula is C17H31NO5.